The maximum atomic E-state index is 13.4. The van der Waals surface area contributed by atoms with Crippen molar-refractivity contribution in [2.75, 3.05) is 38.0 Å². The van der Waals surface area contributed by atoms with Crippen LogP contribution in [0.15, 0.2) is 45.3 Å². The third-order valence-electron chi connectivity index (χ3n) is 8.86. The van der Waals surface area contributed by atoms with Crippen LogP contribution >= 0.6 is 0 Å². The van der Waals surface area contributed by atoms with Gasteiger partial charge in [-0.1, -0.05) is 26.0 Å². The maximum absolute atomic E-state index is 13.4. The van der Waals surface area contributed by atoms with Crippen LogP contribution < -0.4 is 37.1 Å². The van der Waals surface area contributed by atoms with Crippen molar-refractivity contribution in [3.05, 3.63) is 82.2 Å². The van der Waals surface area contributed by atoms with Gasteiger partial charge in [0.05, 0.1) is 36.1 Å². The van der Waals surface area contributed by atoms with Gasteiger partial charge in [0.15, 0.2) is 23.8 Å². The van der Waals surface area contributed by atoms with E-state index in [0.717, 1.165) is 17.7 Å². The average Bonchev–Trinajstić information content (AvgIpc) is 3.98. The molecule has 58 heavy (non-hydrogen) atoms. The molecular formula is C39H49N11O8. The zero-order chi connectivity index (χ0) is 41.9. The molecule has 2 amide bonds. The average molecular weight is 800 g/mol. The fourth-order valence-corrected chi connectivity index (χ4v) is 6.27. The van der Waals surface area contributed by atoms with Crippen LogP contribution in [0.5, 0.6) is 11.5 Å². The normalized spacial score (nSPS) is 11.2. The number of nitrogens with zero attached hydrogens (tertiary/aromatic N) is 6. The van der Waals surface area contributed by atoms with Gasteiger partial charge in [-0.3, -0.25) is 31.0 Å². The second kappa shape index (κ2) is 19.5. The summed E-state index contributed by atoms with van der Waals surface area (Å²) in [6, 6.07) is 6.93. The molecule has 0 unspecified atom stereocenters. The van der Waals surface area contributed by atoms with E-state index in [0.29, 0.717) is 95.0 Å². The van der Waals surface area contributed by atoms with Crippen LogP contribution in [0.2, 0.25) is 0 Å². The number of ether oxygens (including phenoxy) is 2. The number of hydrogen-bond donors (Lipinski definition) is 6. The number of aryl methyl sites for hydroxylation is 4. The summed E-state index contributed by atoms with van der Waals surface area (Å²) in [6.07, 6.45) is 6.25. The number of hydrogen-bond acceptors (Lipinski definition) is 15. The highest BCUT2D eigenvalue weighted by molar-refractivity contribution is 6.03. The van der Waals surface area contributed by atoms with Crippen LogP contribution in [0.1, 0.15) is 80.5 Å². The van der Waals surface area contributed by atoms with Gasteiger partial charge in [-0.25, -0.2) is 19.9 Å². The largest absolute Gasteiger partial charge is 0.494 e. The van der Waals surface area contributed by atoms with Gasteiger partial charge in [-0.15, -0.1) is 0 Å². The summed E-state index contributed by atoms with van der Waals surface area (Å²) in [5.41, 5.74) is 13.0. The monoisotopic (exact) mass is 799 g/mol. The number of benzene rings is 2. The Kier molecular flexibility index (Phi) is 14.3. The SMILES string of the molecule is CCc1nc(C)oc1C(=O)Nc1nc2cc(CNN)cc(OCCCO)c2n1C/C=C/Cn1c(NC)nc2cc(C(N)=O)cc(OC)c21.CCc1nc(C)oc1C=O. The molecule has 308 valence electrons. The smallest absolute Gasteiger partial charge is 0.295 e. The topological polar surface area (TPSA) is 266 Å². The Morgan fingerprint density at radius 2 is 1.53 bits per heavy atom. The third-order valence-corrected chi connectivity index (χ3v) is 8.86. The van der Waals surface area contributed by atoms with E-state index in [-0.39, 0.29) is 37.0 Å². The highest BCUT2D eigenvalue weighted by Crippen LogP contribution is 2.33. The van der Waals surface area contributed by atoms with E-state index in [9.17, 15) is 19.5 Å². The number of aldehydes is 1. The number of aliphatic hydroxyl groups is 1. The standard InChI is InChI=1S/C32H40N10O6.C7H9NO2/c1-5-21-28(48-18(2)37-21)30(45)40-32-39-22-13-19(17-36-34)14-25(47-12-8-11-43)27(22)42(32)10-7-6-9-41-26-23(38-31(41)35-3)15-20(29(33)44)16-24(26)46-4;1-3-6-7(4-9)10-5(2)8-6/h6-7,13-16,36,43H,5,8-12,17,34H2,1-4H3,(H2,33,44)(H,35,38)(H,39,40,45);4H,3H2,1-2H3/b7-6+;. The Morgan fingerprint density at radius 1 is 0.897 bits per heavy atom. The van der Waals surface area contributed by atoms with Crippen molar-refractivity contribution in [2.24, 2.45) is 11.6 Å². The van der Waals surface area contributed by atoms with E-state index >= 15 is 0 Å². The second-order valence-electron chi connectivity index (χ2n) is 12.8. The van der Waals surface area contributed by atoms with Crippen molar-refractivity contribution in [3.63, 3.8) is 0 Å². The molecule has 0 aliphatic rings. The lowest BCUT2D eigenvalue weighted by molar-refractivity contribution is 0.0988. The summed E-state index contributed by atoms with van der Waals surface area (Å²) in [5.74, 6) is 7.78. The zero-order valence-corrected chi connectivity index (χ0v) is 33.3. The lowest BCUT2D eigenvalue weighted by atomic mass is 10.1. The van der Waals surface area contributed by atoms with Gasteiger partial charge in [0, 0.05) is 59.1 Å². The minimum Gasteiger partial charge on any atom is -0.494 e. The van der Waals surface area contributed by atoms with E-state index in [1.807, 2.05) is 47.3 Å². The van der Waals surface area contributed by atoms with Gasteiger partial charge >= 0.3 is 0 Å². The van der Waals surface area contributed by atoms with Crippen LogP contribution in [-0.4, -0.2) is 79.6 Å². The van der Waals surface area contributed by atoms with E-state index in [4.69, 9.17) is 34.9 Å². The van der Waals surface area contributed by atoms with Gasteiger partial charge in [0.2, 0.25) is 23.6 Å². The Hall–Kier alpha value is -6.57. The number of amides is 2. The number of methoxy groups -OCH3 is 1. The maximum Gasteiger partial charge on any atom is 0.295 e. The number of allylic oxidation sites excluding steroid dienone is 2. The van der Waals surface area contributed by atoms with Crippen molar-refractivity contribution >= 4 is 52.1 Å². The number of rotatable bonds is 18. The Morgan fingerprint density at radius 3 is 2.14 bits per heavy atom. The molecule has 2 aromatic carbocycles. The summed E-state index contributed by atoms with van der Waals surface area (Å²) in [5, 5.41) is 15.4. The highest BCUT2D eigenvalue weighted by Gasteiger charge is 2.23. The van der Waals surface area contributed by atoms with Crippen LogP contribution in [0.4, 0.5) is 11.9 Å². The number of anilines is 2. The molecule has 0 atom stereocenters. The number of aromatic nitrogens is 6. The van der Waals surface area contributed by atoms with E-state index in [1.54, 1.807) is 33.0 Å². The lowest BCUT2D eigenvalue weighted by Crippen LogP contribution is -2.20. The van der Waals surface area contributed by atoms with Gasteiger partial charge < -0.3 is 43.6 Å². The summed E-state index contributed by atoms with van der Waals surface area (Å²) in [4.78, 5) is 53.3. The molecule has 0 saturated carbocycles. The first kappa shape index (κ1) is 42.6. The highest BCUT2D eigenvalue weighted by atomic mass is 16.5. The molecule has 0 bridgehead atoms. The van der Waals surface area contributed by atoms with Gasteiger partial charge in [0.1, 0.15) is 22.5 Å². The first-order chi connectivity index (χ1) is 28.0. The zero-order valence-electron chi connectivity index (χ0n) is 33.3. The summed E-state index contributed by atoms with van der Waals surface area (Å²) in [7, 11) is 3.27. The number of carbonyl (C=O) groups excluding carboxylic acids is 3. The van der Waals surface area contributed by atoms with E-state index in [2.05, 4.69) is 31.0 Å². The van der Waals surface area contributed by atoms with E-state index in [1.165, 1.54) is 7.11 Å². The van der Waals surface area contributed by atoms with Crippen molar-refractivity contribution in [3.8, 4) is 11.5 Å². The Bertz CT molecular complexity index is 2420. The van der Waals surface area contributed by atoms with Crippen LogP contribution in [0.25, 0.3) is 22.1 Å². The number of carbonyl (C=O) groups is 3. The number of imidazole rings is 2. The van der Waals surface area contributed by atoms with Gasteiger partial charge in [-0.2, -0.15) is 0 Å². The quantitative estimate of drug-likeness (QED) is 0.0236. The number of oxazole rings is 2. The van der Waals surface area contributed by atoms with Crippen molar-refractivity contribution < 1.29 is 37.8 Å². The first-order valence-corrected chi connectivity index (χ1v) is 18.6. The summed E-state index contributed by atoms with van der Waals surface area (Å²) < 4.78 is 26.1. The van der Waals surface area contributed by atoms with Crippen molar-refractivity contribution in [2.45, 2.75) is 66.6 Å². The number of hydrazine groups is 1. The molecule has 0 fully saturated rings. The minimum atomic E-state index is -0.582. The molecule has 0 saturated heterocycles. The predicted octanol–water partition coefficient (Wildman–Crippen LogP) is 3.99. The number of nitrogens with one attached hydrogen (secondary N) is 3. The molecule has 0 aliphatic carbocycles. The molecule has 19 nitrogen and oxygen atoms in total. The second-order valence-corrected chi connectivity index (χ2v) is 12.8. The lowest BCUT2D eigenvalue weighted by Gasteiger charge is -2.13. The molecule has 8 N–H and O–H groups in total. The molecule has 19 heteroatoms. The molecule has 6 aromatic rings. The van der Waals surface area contributed by atoms with Crippen molar-refractivity contribution in [1.82, 2.24) is 34.5 Å². The summed E-state index contributed by atoms with van der Waals surface area (Å²) in [6.45, 7) is 8.52. The number of fused-ring (bicyclic) bond motifs is 2. The predicted molar refractivity (Wildman–Crippen MR) is 216 cm³/mol. The van der Waals surface area contributed by atoms with Crippen LogP contribution in [-0.2, 0) is 32.5 Å². The Balaban J connectivity index is 0.000000559. The molecule has 4 aromatic heterocycles. The molecular weight excluding hydrogens is 750 g/mol. The molecule has 6 rings (SSSR count). The molecule has 0 radical (unpaired) electrons. The number of nitrogens with two attached hydrogens (primary N) is 2. The minimum absolute atomic E-state index is 0.0287. The number of aliphatic hydroxyl groups excluding tert-OH is 1. The molecule has 0 aliphatic heterocycles. The fourth-order valence-electron chi connectivity index (χ4n) is 6.27. The third kappa shape index (κ3) is 9.51. The Labute approximate surface area is 333 Å². The number of primary amides is 1. The van der Waals surface area contributed by atoms with Gasteiger partial charge in [0.25, 0.3) is 5.91 Å². The van der Waals surface area contributed by atoms with Crippen LogP contribution in [0.3, 0.4) is 0 Å². The molecule has 0 spiro atoms. The molecule has 4 heterocycles. The first-order valence-electron chi connectivity index (χ1n) is 18.6. The summed E-state index contributed by atoms with van der Waals surface area (Å²) >= 11 is 0. The van der Waals surface area contributed by atoms with Crippen LogP contribution in [0, 0.1) is 13.8 Å². The van der Waals surface area contributed by atoms with E-state index < -0.39 is 11.8 Å². The van der Waals surface area contributed by atoms with Crippen molar-refractivity contribution in [1.29, 1.82) is 0 Å². The fraction of sp³-hybridized carbons (Fsp3) is 0.359. The van der Waals surface area contributed by atoms with Gasteiger partial charge in [-0.05, 0) is 42.7 Å².